The van der Waals surface area contributed by atoms with Crippen molar-refractivity contribution in [2.75, 3.05) is 0 Å². The Kier molecular flexibility index (Phi) is 4.09. The molecule has 1 nitrogen and oxygen atoms in total. The van der Waals surface area contributed by atoms with E-state index in [1.807, 2.05) is 13.8 Å². The van der Waals surface area contributed by atoms with E-state index in [1.165, 1.54) is 12.1 Å². The lowest BCUT2D eigenvalue weighted by molar-refractivity contribution is -0.137. The second-order valence-corrected chi connectivity index (χ2v) is 6.38. The molecule has 1 saturated carbocycles. The smallest absolute Gasteiger partial charge is 0.327 e. The zero-order valence-corrected chi connectivity index (χ0v) is 12.4. The van der Waals surface area contributed by atoms with Gasteiger partial charge in [-0.2, -0.15) is 13.2 Å². The summed E-state index contributed by atoms with van der Waals surface area (Å²) in [6, 6.07) is 4.08. The van der Waals surface area contributed by atoms with Gasteiger partial charge >= 0.3 is 6.18 Å². The van der Waals surface area contributed by atoms with E-state index < -0.39 is 11.7 Å². The second-order valence-electron chi connectivity index (χ2n) is 5.97. The summed E-state index contributed by atoms with van der Waals surface area (Å²) in [4.78, 5) is 0. The van der Waals surface area contributed by atoms with Crippen LogP contribution in [0.5, 0.6) is 0 Å². The van der Waals surface area contributed by atoms with Crippen LogP contribution in [0.25, 0.3) is 0 Å². The lowest BCUT2D eigenvalue weighted by atomic mass is 9.58. The van der Waals surface area contributed by atoms with Crippen molar-refractivity contribution in [1.82, 2.24) is 0 Å². The van der Waals surface area contributed by atoms with Crippen LogP contribution in [0.15, 0.2) is 18.2 Å². The quantitative estimate of drug-likeness (QED) is 0.855. The van der Waals surface area contributed by atoms with E-state index in [4.69, 9.17) is 17.3 Å². The van der Waals surface area contributed by atoms with Crippen LogP contribution < -0.4 is 5.73 Å². The molecule has 1 unspecified atom stereocenters. The van der Waals surface area contributed by atoms with Gasteiger partial charge in [0.2, 0.25) is 0 Å². The zero-order valence-electron chi connectivity index (χ0n) is 11.6. The summed E-state index contributed by atoms with van der Waals surface area (Å²) in [5.74, 6) is 0.223. The Morgan fingerprint density at radius 2 is 1.85 bits per heavy atom. The minimum Gasteiger partial charge on any atom is -0.327 e. The first-order valence-electron chi connectivity index (χ1n) is 6.81. The van der Waals surface area contributed by atoms with E-state index >= 15 is 0 Å². The summed E-state index contributed by atoms with van der Waals surface area (Å²) in [6.45, 7) is 4.01. The predicted molar refractivity (Wildman–Crippen MR) is 74.8 cm³/mol. The first kappa shape index (κ1) is 15.6. The molecule has 0 bridgehead atoms. The fourth-order valence-electron chi connectivity index (χ4n) is 3.06. The Hall–Kier alpha value is -0.740. The fourth-order valence-corrected chi connectivity index (χ4v) is 3.29. The van der Waals surface area contributed by atoms with E-state index in [9.17, 15) is 13.2 Å². The van der Waals surface area contributed by atoms with Crippen LogP contribution in [-0.4, -0.2) is 6.04 Å². The van der Waals surface area contributed by atoms with Crippen molar-refractivity contribution in [3.63, 3.8) is 0 Å². The lowest BCUT2D eigenvalue weighted by Crippen LogP contribution is -2.53. The molecule has 1 aromatic carbocycles. The molecule has 0 aromatic heterocycles. The summed E-state index contributed by atoms with van der Waals surface area (Å²) in [6.07, 6.45) is -1.75. The molecule has 1 aromatic rings. The molecule has 112 valence electrons. The van der Waals surface area contributed by atoms with Crippen molar-refractivity contribution < 1.29 is 13.2 Å². The summed E-state index contributed by atoms with van der Waals surface area (Å²) in [5, 5.41) is -0.256. The fraction of sp³-hybridized carbons (Fsp3) is 0.600. The largest absolute Gasteiger partial charge is 0.417 e. The number of rotatable bonds is 3. The molecule has 1 aliphatic rings. The summed E-state index contributed by atoms with van der Waals surface area (Å²) in [5.41, 5.74) is 5.84. The van der Waals surface area contributed by atoms with Gasteiger partial charge in [0.25, 0.3) is 0 Å². The van der Waals surface area contributed by atoms with Crippen LogP contribution >= 0.6 is 11.6 Å². The topological polar surface area (TPSA) is 26.0 Å². The van der Waals surface area contributed by atoms with Crippen LogP contribution in [0.3, 0.4) is 0 Å². The molecule has 2 N–H and O–H groups in total. The Balaban J connectivity index is 2.47. The molecule has 2 rings (SSSR count). The van der Waals surface area contributed by atoms with E-state index in [-0.39, 0.29) is 22.4 Å². The maximum Gasteiger partial charge on any atom is 0.417 e. The SMILES string of the molecule is CC(C)C(N)C1(c2ccc(Cl)c(C(F)(F)F)c2)CCC1. The number of hydrogen-bond acceptors (Lipinski definition) is 1. The second kappa shape index (κ2) is 5.23. The van der Waals surface area contributed by atoms with Gasteiger partial charge in [0.05, 0.1) is 10.6 Å². The summed E-state index contributed by atoms with van der Waals surface area (Å²) in [7, 11) is 0. The van der Waals surface area contributed by atoms with Crippen molar-refractivity contribution >= 4 is 11.6 Å². The van der Waals surface area contributed by atoms with E-state index in [2.05, 4.69) is 0 Å². The minimum atomic E-state index is -4.43. The molecular weight excluding hydrogens is 287 g/mol. The normalized spacial score (nSPS) is 19.8. The van der Waals surface area contributed by atoms with Gasteiger partial charge in [0.1, 0.15) is 0 Å². The molecule has 1 atom stereocenters. The molecule has 5 heteroatoms. The van der Waals surface area contributed by atoms with Crippen LogP contribution in [-0.2, 0) is 11.6 Å². The van der Waals surface area contributed by atoms with Crippen molar-refractivity contribution in [3.05, 3.63) is 34.3 Å². The van der Waals surface area contributed by atoms with Crippen LogP contribution in [0.1, 0.15) is 44.2 Å². The number of nitrogens with two attached hydrogens (primary N) is 1. The average Bonchev–Trinajstić information content (AvgIpc) is 2.27. The lowest BCUT2D eigenvalue weighted by Gasteiger charge is -2.48. The van der Waals surface area contributed by atoms with Crippen molar-refractivity contribution in [3.8, 4) is 0 Å². The Bertz CT molecular complexity index is 492. The molecule has 0 saturated heterocycles. The van der Waals surface area contributed by atoms with Crippen molar-refractivity contribution in [2.45, 2.75) is 50.7 Å². The van der Waals surface area contributed by atoms with Crippen LogP contribution in [0, 0.1) is 5.92 Å². The third-order valence-corrected chi connectivity index (χ3v) is 4.78. The van der Waals surface area contributed by atoms with E-state index in [1.54, 1.807) is 6.07 Å². The third kappa shape index (κ3) is 2.56. The average molecular weight is 306 g/mol. The summed E-state index contributed by atoms with van der Waals surface area (Å²) < 4.78 is 38.9. The molecule has 20 heavy (non-hydrogen) atoms. The van der Waals surface area contributed by atoms with Gasteiger partial charge in [-0.3, -0.25) is 0 Å². The Morgan fingerprint density at radius 3 is 2.25 bits per heavy atom. The van der Waals surface area contributed by atoms with E-state index in [0.29, 0.717) is 5.56 Å². The van der Waals surface area contributed by atoms with Gasteiger partial charge in [-0.1, -0.05) is 37.9 Å². The molecule has 0 spiro atoms. The first-order chi connectivity index (χ1) is 9.18. The standard InChI is InChI=1S/C15H19ClF3N/c1-9(2)13(20)14(6-3-7-14)10-4-5-12(16)11(8-10)15(17,18)19/h4-5,8-9,13H,3,6-7,20H2,1-2H3. The molecule has 1 fully saturated rings. The monoisotopic (exact) mass is 305 g/mol. The Labute approximate surface area is 122 Å². The van der Waals surface area contributed by atoms with Crippen molar-refractivity contribution in [1.29, 1.82) is 0 Å². The molecule has 0 radical (unpaired) electrons. The molecule has 0 heterocycles. The highest BCUT2D eigenvalue weighted by Gasteiger charge is 2.46. The zero-order chi connectivity index (χ0) is 15.1. The molecule has 0 aliphatic heterocycles. The van der Waals surface area contributed by atoms with Gasteiger partial charge in [-0.15, -0.1) is 0 Å². The number of halogens is 4. The van der Waals surface area contributed by atoms with E-state index in [0.717, 1.165) is 19.3 Å². The van der Waals surface area contributed by atoms with Crippen LogP contribution in [0.4, 0.5) is 13.2 Å². The molecular formula is C15H19ClF3N. The van der Waals surface area contributed by atoms with Gasteiger partial charge in [0, 0.05) is 11.5 Å². The van der Waals surface area contributed by atoms with Crippen LogP contribution in [0.2, 0.25) is 5.02 Å². The highest BCUT2D eigenvalue weighted by molar-refractivity contribution is 6.31. The van der Waals surface area contributed by atoms with Gasteiger partial charge in [-0.25, -0.2) is 0 Å². The van der Waals surface area contributed by atoms with Gasteiger partial charge in [0.15, 0.2) is 0 Å². The maximum atomic E-state index is 13.0. The first-order valence-corrected chi connectivity index (χ1v) is 7.19. The third-order valence-electron chi connectivity index (χ3n) is 4.45. The Morgan fingerprint density at radius 1 is 1.25 bits per heavy atom. The highest BCUT2D eigenvalue weighted by Crippen LogP contribution is 2.49. The molecule has 1 aliphatic carbocycles. The predicted octanol–water partition coefficient (Wildman–Crippen LogP) is 4.76. The maximum absolute atomic E-state index is 13.0. The summed E-state index contributed by atoms with van der Waals surface area (Å²) >= 11 is 5.68. The minimum absolute atomic E-state index is 0.140. The molecule has 0 amide bonds. The van der Waals surface area contributed by atoms with Crippen molar-refractivity contribution in [2.24, 2.45) is 11.7 Å². The highest BCUT2D eigenvalue weighted by atomic mass is 35.5. The number of benzene rings is 1. The van der Waals surface area contributed by atoms with Gasteiger partial charge in [-0.05, 0) is 36.5 Å². The number of hydrogen-bond donors (Lipinski definition) is 1. The number of alkyl halides is 3. The van der Waals surface area contributed by atoms with Gasteiger partial charge < -0.3 is 5.73 Å².